The van der Waals surface area contributed by atoms with Crippen molar-refractivity contribution in [3.8, 4) is 0 Å². The van der Waals surface area contributed by atoms with Gasteiger partial charge in [0.2, 0.25) is 5.91 Å². The Bertz CT molecular complexity index is 269. The Morgan fingerprint density at radius 2 is 2.44 bits per heavy atom. The van der Waals surface area contributed by atoms with Crippen molar-refractivity contribution >= 4 is 17.7 Å². The number of amides is 1. The van der Waals surface area contributed by atoms with Crippen molar-refractivity contribution in [3.05, 3.63) is 0 Å². The molecule has 2 heterocycles. The van der Waals surface area contributed by atoms with Gasteiger partial charge >= 0.3 is 0 Å². The predicted octanol–water partition coefficient (Wildman–Crippen LogP) is 0.676. The number of carbonyl (C=O) groups is 1. The number of carbonyl (C=O) groups excluding carboxylic acids is 1. The summed E-state index contributed by atoms with van der Waals surface area (Å²) >= 11 is 1.79. The third-order valence-corrected chi connectivity index (χ3v) is 4.42. The molecular weight excluding hydrogens is 224 g/mol. The van der Waals surface area contributed by atoms with E-state index in [0.717, 1.165) is 37.6 Å². The first kappa shape index (κ1) is 12.2. The van der Waals surface area contributed by atoms with Gasteiger partial charge in [0.05, 0.1) is 11.6 Å². The molecule has 2 aliphatic rings. The Morgan fingerprint density at radius 1 is 1.62 bits per heavy atom. The molecule has 16 heavy (non-hydrogen) atoms. The number of thioether (sulfide) groups is 1. The standard InChI is InChI=1S/C11H20N2O2S/c1-11(15-2)4-3-5-13(7-11)10(14)9-6-16-8-12-9/h9,12H,3-8H2,1-2H3. The summed E-state index contributed by atoms with van der Waals surface area (Å²) in [6.07, 6.45) is 2.08. The van der Waals surface area contributed by atoms with Crippen LogP contribution in [0.5, 0.6) is 0 Å². The van der Waals surface area contributed by atoms with Gasteiger partial charge in [-0.05, 0) is 19.8 Å². The predicted molar refractivity (Wildman–Crippen MR) is 65.5 cm³/mol. The average Bonchev–Trinajstić information content (AvgIpc) is 2.82. The van der Waals surface area contributed by atoms with Gasteiger partial charge in [-0.2, -0.15) is 0 Å². The second-order valence-corrected chi connectivity index (χ2v) is 5.82. The SMILES string of the molecule is COC1(C)CCCN(C(=O)C2CSCN2)C1. The van der Waals surface area contributed by atoms with E-state index in [1.807, 2.05) is 4.90 Å². The average molecular weight is 244 g/mol. The highest BCUT2D eigenvalue weighted by atomic mass is 32.2. The van der Waals surface area contributed by atoms with Crippen molar-refractivity contribution in [1.29, 1.82) is 0 Å². The molecule has 2 aliphatic heterocycles. The lowest BCUT2D eigenvalue weighted by Gasteiger charge is -2.40. The van der Waals surface area contributed by atoms with Crippen LogP contribution in [0.4, 0.5) is 0 Å². The topological polar surface area (TPSA) is 41.6 Å². The highest BCUT2D eigenvalue weighted by Crippen LogP contribution is 2.25. The number of piperidine rings is 1. The molecule has 0 aromatic rings. The van der Waals surface area contributed by atoms with E-state index in [2.05, 4.69) is 12.2 Å². The lowest BCUT2D eigenvalue weighted by atomic mass is 9.94. The van der Waals surface area contributed by atoms with Crippen LogP contribution in [0, 0.1) is 0 Å². The van der Waals surface area contributed by atoms with E-state index in [1.54, 1.807) is 18.9 Å². The van der Waals surface area contributed by atoms with Crippen LogP contribution in [0.3, 0.4) is 0 Å². The second kappa shape index (κ2) is 4.94. The first-order valence-corrected chi connectivity index (χ1v) is 6.95. The van der Waals surface area contributed by atoms with Crippen molar-refractivity contribution in [1.82, 2.24) is 10.2 Å². The summed E-state index contributed by atoms with van der Waals surface area (Å²) in [5.41, 5.74) is -0.153. The van der Waals surface area contributed by atoms with E-state index >= 15 is 0 Å². The normalized spacial score (nSPS) is 35.4. The van der Waals surface area contributed by atoms with Gasteiger partial charge in [0.15, 0.2) is 0 Å². The lowest BCUT2D eigenvalue weighted by Crippen LogP contribution is -2.54. The molecule has 5 heteroatoms. The quantitative estimate of drug-likeness (QED) is 0.775. The van der Waals surface area contributed by atoms with Crippen LogP contribution in [0.1, 0.15) is 19.8 Å². The van der Waals surface area contributed by atoms with Gasteiger partial charge in [0.25, 0.3) is 0 Å². The molecule has 0 bridgehead atoms. The van der Waals surface area contributed by atoms with Crippen molar-refractivity contribution in [3.63, 3.8) is 0 Å². The van der Waals surface area contributed by atoms with Crippen molar-refractivity contribution < 1.29 is 9.53 Å². The Hall–Kier alpha value is -0.260. The Morgan fingerprint density at radius 3 is 3.06 bits per heavy atom. The van der Waals surface area contributed by atoms with E-state index in [1.165, 1.54) is 0 Å². The maximum Gasteiger partial charge on any atom is 0.240 e. The zero-order chi connectivity index (χ0) is 11.6. The van der Waals surface area contributed by atoms with Crippen LogP contribution in [0.2, 0.25) is 0 Å². The van der Waals surface area contributed by atoms with Crippen LogP contribution >= 0.6 is 11.8 Å². The molecule has 2 unspecified atom stereocenters. The molecule has 2 saturated heterocycles. The first-order valence-electron chi connectivity index (χ1n) is 5.80. The van der Waals surface area contributed by atoms with E-state index < -0.39 is 0 Å². The Labute approximate surface area is 101 Å². The van der Waals surface area contributed by atoms with Crippen molar-refractivity contribution in [2.45, 2.75) is 31.4 Å². The molecule has 4 nitrogen and oxygen atoms in total. The summed E-state index contributed by atoms with van der Waals surface area (Å²) in [6.45, 7) is 3.69. The molecule has 0 aromatic heterocycles. The zero-order valence-electron chi connectivity index (χ0n) is 9.99. The van der Waals surface area contributed by atoms with Gasteiger partial charge in [0, 0.05) is 31.8 Å². The van der Waals surface area contributed by atoms with Gasteiger partial charge in [-0.25, -0.2) is 0 Å². The highest BCUT2D eigenvalue weighted by Gasteiger charge is 2.36. The van der Waals surface area contributed by atoms with E-state index in [0.29, 0.717) is 0 Å². The molecule has 1 amide bonds. The van der Waals surface area contributed by atoms with Crippen LogP contribution in [-0.2, 0) is 9.53 Å². The highest BCUT2D eigenvalue weighted by molar-refractivity contribution is 7.99. The molecule has 0 aromatic carbocycles. The van der Waals surface area contributed by atoms with Crippen LogP contribution in [-0.4, -0.2) is 54.3 Å². The maximum absolute atomic E-state index is 12.2. The Kier molecular flexibility index (Phi) is 3.77. The molecule has 92 valence electrons. The number of ether oxygens (including phenoxy) is 1. The van der Waals surface area contributed by atoms with Crippen LogP contribution in [0.15, 0.2) is 0 Å². The minimum atomic E-state index is -0.153. The summed E-state index contributed by atoms with van der Waals surface area (Å²) < 4.78 is 5.50. The molecule has 2 rings (SSSR count). The van der Waals surface area contributed by atoms with E-state index in [9.17, 15) is 4.79 Å². The van der Waals surface area contributed by atoms with Gasteiger partial charge in [-0.15, -0.1) is 11.8 Å². The molecule has 0 aliphatic carbocycles. The molecule has 1 N–H and O–H groups in total. The number of nitrogens with zero attached hydrogens (tertiary/aromatic N) is 1. The van der Waals surface area contributed by atoms with Gasteiger partial charge in [-0.1, -0.05) is 0 Å². The fourth-order valence-electron chi connectivity index (χ4n) is 2.33. The largest absolute Gasteiger partial charge is 0.377 e. The van der Waals surface area contributed by atoms with Crippen LogP contribution < -0.4 is 5.32 Å². The molecule has 2 fully saturated rings. The minimum absolute atomic E-state index is 0.0178. The minimum Gasteiger partial charge on any atom is -0.377 e. The molecule has 0 radical (unpaired) electrons. The third-order valence-electron chi connectivity index (χ3n) is 3.48. The fourth-order valence-corrected chi connectivity index (χ4v) is 3.27. The van der Waals surface area contributed by atoms with E-state index in [-0.39, 0.29) is 17.6 Å². The van der Waals surface area contributed by atoms with Crippen LogP contribution in [0.25, 0.3) is 0 Å². The molecule has 0 spiro atoms. The number of nitrogens with one attached hydrogen (secondary N) is 1. The summed E-state index contributed by atoms with van der Waals surface area (Å²) in [5, 5.41) is 3.23. The summed E-state index contributed by atoms with van der Waals surface area (Å²) in [4.78, 5) is 14.2. The summed E-state index contributed by atoms with van der Waals surface area (Å²) in [5.74, 6) is 2.04. The molecule has 0 saturated carbocycles. The van der Waals surface area contributed by atoms with Crippen molar-refractivity contribution in [2.24, 2.45) is 0 Å². The van der Waals surface area contributed by atoms with Gasteiger partial charge < -0.3 is 9.64 Å². The number of likely N-dealkylation sites (tertiary alicyclic amines) is 1. The van der Waals surface area contributed by atoms with Gasteiger partial charge in [0.1, 0.15) is 0 Å². The van der Waals surface area contributed by atoms with E-state index in [4.69, 9.17) is 4.74 Å². The summed E-state index contributed by atoms with van der Waals surface area (Å²) in [6, 6.07) is 0.0178. The third kappa shape index (κ3) is 2.52. The monoisotopic (exact) mass is 244 g/mol. The molecule has 2 atom stereocenters. The van der Waals surface area contributed by atoms with Crippen molar-refractivity contribution in [2.75, 3.05) is 31.8 Å². The zero-order valence-corrected chi connectivity index (χ0v) is 10.8. The fraction of sp³-hybridized carbons (Fsp3) is 0.909. The summed E-state index contributed by atoms with van der Waals surface area (Å²) in [7, 11) is 1.73. The van der Waals surface area contributed by atoms with Gasteiger partial charge in [-0.3, -0.25) is 10.1 Å². The number of methoxy groups -OCH3 is 1. The second-order valence-electron chi connectivity index (χ2n) is 4.79. The Balaban J connectivity index is 1.95. The smallest absolute Gasteiger partial charge is 0.240 e. The number of rotatable bonds is 2. The number of hydrogen-bond donors (Lipinski definition) is 1. The molecular formula is C11H20N2O2S. The lowest BCUT2D eigenvalue weighted by molar-refractivity contribution is -0.140. The maximum atomic E-state index is 12.2. The first-order chi connectivity index (χ1) is 7.64. The number of hydrogen-bond acceptors (Lipinski definition) is 4.